The highest BCUT2D eigenvalue weighted by Crippen LogP contribution is 2.26. The minimum absolute atomic E-state index is 0.0608. The Morgan fingerprint density at radius 2 is 1.66 bits per heavy atom. The summed E-state index contributed by atoms with van der Waals surface area (Å²) >= 11 is 6.08. The van der Waals surface area contributed by atoms with Gasteiger partial charge in [-0.1, -0.05) is 60.1 Å². The summed E-state index contributed by atoms with van der Waals surface area (Å²) in [5, 5.41) is 9.88. The number of para-hydroxylation sites is 1. The lowest BCUT2D eigenvalue weighted by atomic mass is 10.1. The quantitative estimate of drug-likeness (QED) is 0.428. The first-order valence-electron chi connectivity index (χ1n) is 9.52. The van der Waals surface area contributed by atoms with Crippen LogP contribution < -0.4 is 5.14 Å². The fraction of sp³-hybridized carbons (Fsp3) is 0.0435. The molecule has 7 nitrogen and oxygen atoms in total. The largest absolute Gasteiger partial charge is 0.457 e. The highest BCUT2D eigenvalue weighted by atomic mass is 35.5. The van der Waals surface area contributed by atoms with Gasteiger partial charge in [0, 0.05) is 17.3 Å². The molecule has 3 aromatic carbocycles. The first kappa shape index (κ1) is 21.8. The second-order valence-electron chi connectivity index (χ2n) is 6.91. The number of carbonyl (C=O) groups is 1. The van der Waals surface area contributed by atoms with Crippen LogP contribution in [0.3, 0.4) is 0 Å². The number of primary sulfonamides is 1. The summed E-state index contributed by atoms with van der Waals surface area (Å²) in [6.45, 7) is -0.0914. The predicted molar refractivity (Wildman–Crippen MR) is 121 cm³/mol. The van der Waals surface area contributed by atoms with E-state index in [4.69, 9.17) is 21.5 Å². The van der Waals surface area contributed by atoms with Gasteiger partial charge < -0.3 is 4.74 Å². The molecular weight excluding hydrogens is 450 g/mol. The molecule has 0 saturated heterocycles. The molecule has 4 aromatic rings. The number of halogens is 1. The third-order valence-corrected chi connectivity index (χ3v) is 5.94. The van der Waals surface area contributed by atoms with E-state index in [9.17, 15) is 13.2 Å². The Balaban J connectivity index is 1.65. The Bertz CT molecular complexity index is 1370. The van der Waals surface area contributed by atoms with Crippen molar-refractivity contribution >= 4 is 27.6 Å². The van der Waals surface area contributed by atoms with Gasteiger partial charge in [-0.25, -0.2) is 23.0 Å². The number of sulfonamides is 1. The van der Waals surface area contributed by atoms with Crippen molar-refractivity contribution in [3.05, 3.63) is 101 Å². The molecule has 0 radical (unpaired) electrons. The number of hydrogen-bond donors (Lipinski definition) is 1. The summed E-state index contributed by atoms with van der Waals surface area (Å²) in [5.41, 5.74) is 2.96. The zero-order chi connectivity index (χ0) is 22.7. The highest BCUT2D eigenvalue weighted by Gasteiger charge is 2.19. The Kier molecular flexibility index (Phi) is 6.09. The molecular formula is C23H18ClN3O4S. The second kappa shape index (κ2) is 8.96. The summed E-state index contributed by atoms with van der Waals surface area (Å²) < 4.78 is 30.4. The van der Waals surface area contributed by atoms with Gasteiger partial charge in [-0.2, -0.15) is 5.10 Å². The van der Waals surface area contributed by atoms with Crippen LogP contribution in [0.2, 0.25) is 5.02 Å². The molecule has 0 unspecified atom stereocenters. The Labute approximate surface area is 190 Å². The Morgan fingerprint density at radius 3 is 2.31 bits per heavy atom. The number of nitrogens with zero attached hydrogens (tertiary/aromatic N) is 2. The molecule has 1 heterocycles. The van der Waals surface area contributed by atoms with E-state index in [1.807, 2.05) is 60.7 Å². The number of ether oxygens (including phenoxy) is 1. The standard InChI is InChI=1S/C23H18ClN3O4S/c24-21-12-11-19(32(25,29)30)13-20(21)23(28)31-15-17-14-27(18-9-5-2-6-10-18)26-22(17)16-7-3-1-4-8-16/h1-14H,15H2,(H2,25,29,30). The monoisotopic (exact) mass is 467 g/mol. The van der Waals surface area contributed by atoms with Gasteiger partial charge in [0.1, 0.15) is 6.61 Å². The van der Waals surface area contributed by atoms with Crippen LogP contribution in [0, 0.1) is 0 Å². The number of rotatable bonds is 6. The molecule has 0 bridgehead atoms. The Morgan fingerprint density at radius 1 is 1.00 bits per heavy atom. The van der Waals surface area contributed by atoms with Crippen LogP contribution in [0.5, 0.6) is 0 Å². The van der Waals surface area contributed by atoms with E-state index in [0.29, 0.717) is 11.3 Å². The predicted octanol–water partition coefficient (Wildman–Crippen LogP) is 4.20. The van der Waals surface area contributed by atoms with Crippen LogP contribution in [0.25, 0.3) is 16.9 Å². The van der Waals surface area contributed by atoms with Crippen LogP contribution in [-0.4, -0.2) is 24.2 Å². The molecule has 32 heavy (non-hydrogen) atoms. The molecule has 1 aromatic heterocycles. The van der Waals surface area contributed by atoms with Crippen LogP contribution in [0.15, 0.2) is 90.0 Å². The van der Waals surface area contributed by atoms with E-state index in [0.717, 1.165) is 17.3 Å². The second-order valence-corrected chi connectivity index (χ2v) is 8.88. The van der Waals surface area contributed by atoms with Gasteiger partial charge in [0.2, 0.25) is 10.0 Å². The lowest BCUT2D eigenvalue weighted by Crippen LogP contribution is -2.14. The third kappa shape index (κ3) is 4.72. The maximum atomic E-state index is 12.7. The molecule has 0 atom stereocenters. The fourth-order valence-electron chi connectivity index (χ4n) is 3.13. The lowest BCUT2D eigenvalue weighted by molar-refractivity contribution is 0.0473. The van der Waals surface area contributed by atoms with Crippen molar-refractivity contribution in [3.8, 4) is 16.9 Å². The van der Waals surface area contributed by atoms with Gasteiger partial charge in [0.25, 0.3) is 0 Å². The van der Waals surface area contributed by atoms with Crippen LogP contribution in [0.4, 0.5) is 0 Å². The minimum atomic E-state index is -3.99. The van der Waals surface area contributed by atoms with Crippen molar-refractivity contribution in [1.29, 1.82) is 0 Å². The smallest absolute Gasteiger partial charge is 0.340 e. The summed E-state index contributed by atoms with van der Waals surface area (Å²) in [6, 6.07) is 22.7. The van der Waals surface area contributed by atoms with Gasteiger partial charge in [0.05, 0.1) is 26.9 Å². The van der Waals surface area contributed by atoms with Gasteiger partial charge in [0.15, 0.2) is 0 Å². The SMILES string of the molecule is NS(=O)(=O)c1ccc(Cl)c(C(=O)OCc2cn(-c3ccccc3)nc2-c2ccccc2)c1. The molecule has 0 aliphatic heterocycles. The van der Waals surface area contributed by atoms with Gasteiger partial charge >= 0.3 is 5.97 Å². The first-order valence-corrected chi connectivity index (χ1v) is 11.4. The van der Waals surface area contributed by atoms with Crippen LogP contribution in [-0.2, 0) is 21.4 Å². The van der Waals surface area contributed by atoms with Crippen molar-refractivity contribution in [2.24, 2.45) is 5.14 Å². The highest BCUT2D eigenvalue weighted by molar-refractivity contribution is 7.89. The van der Waals surface area contributed by atoms with Crippen LogP contribution in [0.1, 0.15) is 15.9 Å². The number of esters is 1. The van der Waals surface area contributed by atoms with E-state index in [1.54, 1.807) is 10.9 Å². The summed E-state index contributed by atoms with van der Waals surface area (Å²) in [4.78, 5) is 12.4. The number of aromatic nitrogens is 2. The summed E-state index contributed by atoms with van der Waals surface area (Å²) in [5.74, 6) is -0.771. The van der Waals surface area contributed by atoms with Crippen molar-refractivity contribution < 1.29 is 17.9 Å². The van der Waals surface area contributed by atoms with E-state index in [-0.39, 0.29) is 22.1 Å². The van der Waals surface area contributed by atoms with Gasteiger partial charge in [-0.3, -0.25) is 0 Å². The fourth-order valence-corrected chi connectivity index (χ4v) is 3.86. The average molecular weight is 468 g/mol. The van der Waals surface area contributed by atoms with Crippen molar-refractivity contribution in [3.63, 3.8) is 0 Å². The van der Waals surface area contributed by atoms with Crippen molar-refractivity contribution in [2.45, 2.75) is 11.5 Å². The maximum Gasteiger partial charge on any atom is 0.340 e. The zero-order valence-corrected chi connectivity index (χ0v) is 18.3. The molecule has 0 saturated carbocycles. The lowest BCUT2D eigenvalue weighted by Gasteiger charge is -2.08. The van der Waals surface area contributed by atoms with E-state index >= 15 is 0 Å². The molecule has 2 N–H and O–H groups in total. The van der Waals surface area contributed by atoms with E-state index < -0.39 is 16.0 Å². The number of benzene rings is 3. The van der Waals surface area contributed by atoms with Crippen molar-refractivity contribution in [2.75, 3.05) is 0 Å². The maximum absolute atomic E-state index is 12.7. The normalized spacial score (nSPS) is 11.3. The topological polar surface area (TPSA) is 104 Å². The number of hydrogen-bond acceptors (Lipinski definition) is 5. The van der Waals surface area contributed by atoms with Gasteiger partial charge in [-0.05, 0) is 30.3 Å². The molecule has 0 aliphatic rings. The molecule has 0 amide bonds. The zero-order valence-electron chi connectivity index (χ0n) is 16.7. The summed E-state index contributed by atoms with van der Waals surface area (Å²) in [7, 11) is -3.99. The number of carbonyl (C=O) groups excluding carboxylic acids is 1. The number of nitrogens with two attached hydrogens (primary N) is 1. The average Bonchev–Trinajstić information content (AvgIpc) is 3.22. The van der Waals surface area contributed by atoms with E-state index in [2.05, 4.69) is 5.10 Å². The first-order chi connectivity index (χ1) is 15.3. The molecule has 4 rings (SSSR count). The summed E-state index contributed by atoms with van der Waals surface area (Å²) in [6.07, 6.45) is 1.79. The van der Waals surface area contributed by atoms with Crippen molar-refractivity contribution in [1.82, 2.24) is 9.78 Å². The Hall–Kier alpha value is -3.46. The molecule has 0 fully saturated rings. The molecule has 0 aliphatic carbocycles. The van der Waals surface area contributed by atoms with Crippen LogP contribution >= 0.6 is 11.6 Å². The van der Waals surface area contributed by atoms with E-state index in [1.165, 1.54) is 12.1 Å². The van der Waals surface area contributed by atoms with Gasteiger partial charge in [-0.15, -0.1) is 0 Å². The third-order valence-electron chi connectivity index (χ3n) is 4.70. The molecule has 9 heteroatoms. The minimum Gasteiger partial charge on any atom is -0.457 e. The molecule has 162 valence electrons. The molecule has 0 spiro atoms.